The summed E-state index contributed by atoms with van der Waals surface area (Å²) in [4.78, 5) is 20.8. The number of nitrogens with zero attached hydrogens (tertiary/aromatic N) is 3. The minimum absolute atomic E-state index is 0. The molecule has 168 valence electrons. The van der Waals surface area contributed by atoms with Crippen molar-refractivity contribution in [3.63, 3.8) is 0 Å². The van der Waals surface area contributed by atoms with E-state index in [1.54, 1.807) is 19.2 Å². The highest BCUT2D eigenvalue weighted by atomic mass is 127. The Morgan fingerprint density at radius 3 is 2.26 bits per heavy atom. The number of piperazine rings is 1. The van der Waals surface area contributed by atoms with Crippen molar-refractivity contribution < 1.29 is 9.18 Å². The number of hydrogen-bond acceptors (Lipinski definition) is 3. The number of carbonyl (C=O) groups excluding carboxylic acids is 1. The van der Waals surface area contributed by atoms with Gasteiger partial charge in [-0.1, -0.05) is 29.8 Å². The second kappa shape index (κ2) is 12.5. The van der Waals surface area contributed by atoms with E-state index in [9.17, 15) is 9.18 Å². The van der Waals surface area contributed by atoms with Crippen LogP contribution in [-0.2, 0) is 11.3 Å². The highest BCUT2D eigenvalue weighted by molar-refractivity contribution is 14.0. The smallest absolute Gasteiger partial charge is 0.224 e. The molecule has 1 fully saturated rings. The lowest BCUT2D eigenvalue weighted by atomic mass is 10.1. The summed E-state index contributed by atoms with van der Waals surface area (Å²) >= 11 is 0. The Morgan fingerprint density at radius 2 is 1.65 bits per heavy atom. The molecule has 1 aliphatic heterocycles. The van der Waals surface area contributed by atoms with Crippen molar-refractivity contribution in [2.75, 3.05) is 44.7 Å². The molecule has 0 radical (unpaired) electrons. The summed E-state index contributed by atoms with van der Waals surface area (Å²) in [6.45, 7) is 6.14. The van der Waals surface area contributed by atoms with Gasteiger partial charge in [-0.05, 0) is 36.8 Å². The molecule has 0 atom stereocenters. The van der Waals surface area contributed by atoms with E-state index in [1.165, 1.54) is 23.3 Å². The molecule has 2 N–H and O–H groups in total. The summed E-state index contributed by atoms with van der Waals surface area (Å²) < 4.78 is 13.1. The normalized spacial score (nSPS) is 14.1. The molecular weight excluding hydrogens is 508 g/mol. The van der Waals surface area contributed by atoms with Crippen LogP contribution in [0.15, 0.2) is 53.5 Å². The number of nitrogens with one attached hydrogen (secondary N) is 2. The largest absolute Gasteiger partial charge is 0.368 e. The molecular formula is C23H31FIN5O. The Labute approximate surface area is 200 Å². The van der Waals surface area contributed by atoms with Gasteiger partial charge in [0, 0.05) is 58.4 Å². The minimum Gasteiger partial charge on any atom is -0.368 e. The van der Waals surface area contributed by atoms with Gasteiger partial charge in [0.1, 0.15) is 5.82 Å². The van der Waals surface area contributed by atoms with Gasteiger partial charge in [0.15, 0.2) is 5.96 Å². The van der Waals surface area contributed by atoms with E-state index in [1.807, 2.05) is 4.90 Å². The maximum Gasteiger partial charge on any atom is 0.224 e. The Morgan fingerprint density at radius 1 is 1.00 bits per heavy atom. The first-order chi connectivity index (χ1) is 14.5. The van der Waals surface area contributed by atoms with Crippen molar-refractivity contribution in [2.45, 2.75) is 19.9 Å². The summed E-state index contributed by atoms with van der Waals surface area (Å²) in [5.41, 5.74) is 3.41. The number of amides is 1. The van der Waals surface area contributed by atoms with Crippen molar-refractivity contribution in [3.05, 3.63) is 65.5 Å². The van der Waals surface area contributed by atoms with Crippen LogP contribution in [-0.4, -0.2) is 56.5 Å². The van der Waals surface area contributed by atoms with Gasteiger partial charge in [0.05, 0.1) is 0 Å². The van der Waals surface area contributed by atoms with Crippen molar-refractivity contribution in [1.82, 2.24) is 15.5 Å². The second-order valence-corrected chi connectivity index (χ2v) is 7.43. The lowest BCUT2D eigenvalue weighted by Crippen LogP contribution is -2.49. The lowest BCUT2D eigenvalue weighted by Gasteiger charge is -2.36. The third-order valence-electron chi connectivity index (χ3n) is 5.26. The molecule has 8 heteroatoms. The van der Waals surface area contributed by atoms with E-state index in [0.29, 0.717) is 38.6 Å². The predicted octanol–water partition coefficient (Wildman–Crippen LogP) is 3.16. The number of aryl methyl sites for hydroxylation is 1. The van der Waals surface area contributed by atoms with Crippen LogP contribution in [0.1, 0.15) is 17.5 Å². The number of aliphatic imine (C=N–C) groups is 1. The quantitative estimate of drug-likeness (QED) is 0.337. The van der Waals surface area contributed by atoms with Gasteiger partial charge >= 0.3 is 0 Å². The third kappa shape index (κ3) is 7.68. The van der Waals surface area contributed by atoms with Crippen LogP contribution in [0, 0.1) is 12.7 Å². The Balaban J connectivity index is 0.00000341. The van der Waals surface area contributed by atoms with Crippen LogP contribution in [0.3, 0.4) is 0 Å². The summed E-state index contributed by atoms with van der Waals surface area (Å²) in [5.74, 6) is 0.586. The first kappa shape index (κ1) is 24.9. The molecule has 2 aromatic rings. The highest BCUT2D eigenvalue weighted by Crippen LogP contribution is 2.17. The first-order valence-corrected chi connectivity index (χ1v) is 10.3. The minimum atomic E-state index is -0.233. The SMILES string of the molecule is CN=C(NCCC(=O)N1CCN(c2ccc(F)cc2)CC1)NCc1ccc(C)cc1.I. The fourth-order valence-corrected chi connectivity index (χ4v) is 3.42. The molecule has 1 saturated heterocycles. The molecule has 6 nitrogen and oxygen atoms in total. The fourth-order valence-electron chi connectivity index (χ4n) is 3.42. The lowest BCUT2D eigenvalue weighted by molar-refractivity contribution is -0.131. The predicted molar refractivity (Wildman–Crippen MR) is 135 cm³/mol. The van der Waals surface area contributed by atoms with Gasteiger partial charge in [-0.3, -0.25) is 9.79 Å². The van der Waals surface area contributed by atoms with Crippen molar-refractivity contribution in [2.24, 2.45) is 4.99 Å². The van der Waals surface area contributed by atoms with E-state index in [4.69, 9.17) is 0 Å². The van der Waals surface area contributed by atoms with Crippen LogP contribution < -0.4 is 15.5 Å². The molecule has 1 aliphatic rings. The molecule has 0 spiro atoms. The summed E-state index contributed by atoms with van der Waals surface area (Å²) in [7, 11) is 1.72. The fraction of sp³-hybridized carbons (Fsp3) is 0.391. The van der Waals surface area contributed by atoms with Crippen LogP contribution in [0.5, 0.6) is 0 Å². The van der Waals surface area contributed by atoms with Crippen molar-refractivity contribution >= 4 is 41.5 Å². The Bertz CT molecular complexity index is 849. The standard InChI is InChI=1S/C23H30FN5O.HI/c1-18-3-5-19(6-4-18)17-27-23(25-2)26-12-11-22(30)29-15-13-28(14-16-29)21-9-7-20(24)8-10-21;/h3-10H,11-17H2,1-2H3,(H2,25,26,27);1H. The number of guanidine groups is 1. The average molecular weight is 539 g/mol. The van der Waals surface area contributed by atoms with E-state index in [0.717, 1.165) is 18.8 Å². The molecule has 1 amide bonds. The zero-order valence-electron chi connectivity index (χ0n) is 18.1. The Hall–Kier alpha value is -2.36. The molecule has 0 bridgehead atoms. The topological polar surface area (TPSA) is 60.0 Å². The maximum absolute atomic E-state index is 13.1. The first-order valence-electron chi connectivity index (χ1n) is 10.3. The molecule has 3 rings (SSSR count). The molecule has 31 heavy (non-hydrogen) atoms. The third-order valence-corrected chi connectivity index (χ3v) is 5.26. The molecule has 0 saturated carbocycles. The van der Waals surface area contributed by atoms with Crippen molar-refractivity contribution in [3.8, 4) is 0 Å². The van der Waals surface area contributed by atoms with Crippen molar-refractivity contribution in [1.29, 1.82) is 0 Å². The average Bonchev–Trinajstić information content (AvgIpc) is 2.77. The molecule has 0 aromatic heterocycles. The zero-order chi connectivity index (χ0) is 21.3. The number of carbonyl (C=O) groups is 1. The Kier molecular flexibility index (Phi) is 10.0. The van der Waals surface area contributed by atoms with Gasteiger partial charge in [0.2, 0.25) is 5.91 Å². The molecule has 0 unspecified atom stereocenters. The zero-order valence-corrected chi connectivity index (χ0v) is 20.4. The number of halogens is 2. The number of benzene rings is 2. The summed E-state index contributed by atoms with van der Waals surface area (Å²) in [6, 6.07) is 14.9. The monoisotopic (exact) mass is 539 g/mol. The number of rotatable bonds is 6. The maximum atomic E-state index is 13.1. The van der Waals surface area contributed by atoms with E-state index < -0.39 is 0 Å². The summed E-state index contributed by atoms with van der Waals surface area (Å²) in [5, 5.41) is 6.47. The van der Waals surface area contributed by atoms with Gasteiger partial charge < -0.3 is 20.4 Å². The molecule has 2 aromatic carbocycles. The van der Waals surface area contributed by atoms with Gasteiger partial charge in [-0.25, -0.2) is 4.39 Å². The number of anilines is 1. The number of hydrogen-bond donors (Lipinski definition) is 2. The van der Waals surface area contributed by atoms with Crippen LogP contribution in [0.2, 0.25) is 0 Å². The highest BCUT2D eigenvalue weighted by Gasteiger charge is 2.21. The van der Waals surface area contributed by atoms with Crippen LogP contribution >= 0.6 is 24.0 Å². The van der Waals surface area contributed by atoms with E-state index in [2.05, 4.69) is 51.7 Å². The van der Waals surface area contributed by atoms with Crippen LogP contribution in [0.25, 0.3) is 0 Å². The second-order valence-electron chi connectivity index (χ2n) is 7.43. The summed E-state index contributed by atoms with van der Waals surface area (Å²) in [6.07, 6.45) is 0.418. The van der Waals surface area contributed by atoms with Gasteiger partial charge in [0.25, 0.3) is 0 Å². The molecule has 0 aliphatic carbocycles. The molecule has 1 heterocycles. The van der Waals surface area contributed by atoms with Gasteiger partial charge in [-0.2, -0.15) is 0 Å². The van der Waals surface area contributed by atoms with Gasteiger partial charge in [-0.15, -0.1) is 24.0 Å². The van der Waals surface area contributed by atoms with Crippen LogP contribution in [0.4, 0.5) is 10.1 Å². The van der Waals surface area contributed by atoms with E-state index >= 15 is 0 Å². The van der Waals surface area contributed by atoms with E-state index in [-0.39, 0.29) is 35.7 Å².